The highest BCUT2D eigenvalue weighted by Gasteiger charge is 2.11. The number of nitrogens with one attached hydrogen (secondary N) is 1. The van der Waals surface area contributed by atoms with Gasteiger partial charge in [0.25, 0.3) is 0 Å². The second-order valence-electron chi connectivity index (χ2n) is 2.82. The number of hydrogen-bond acceptors (Lipinski definition) is 2. The zero-order valence-corrected chi connectivity index (χ0v) is 8.95. The molecular formula is C11H15NS. The van der Waals surface area contributed by atoms with Crippen LogP contribution in [0.2, 0.25) is 0 Å². The predicted octanol–water partition coefficient (Wildman–Crippen LogP) is 2.59. The predicted molar refractivity (Wildman–Crippen MR) is 58.9 cm³/mol. The minimum Gasteiger partial charge on any atom is -0.300 e. The second-order valence-corrected chi connectivity index (χ2v) is 3.77. The summed E-state index contributed by atoms with van der Waals surface area (Å²) in [5.41, 5.74) is 1.37. The van der Waals surface area contributed by atoms with Crippen molar-refractivity contribution in [2.45, 2.75) is 26.3 Å². The molecule has 1 N–H and O–H groups in total. The van der Waals surface area contributed by atoms with Crippen LogP contribution in [0.3, 0.4) is 0 Å². The Bertz CT molecular complexity index is 295. The van der Waals surface area contributed by atoms with Crippen LogP contribution < -0.4 is 5.32 Å². The van der Waals surface area contributed by atoms with Crippen molar-refractivity contribution in [1.82, 2.24) is 5.32 Å². The summed E-state index contributed by atoms with van der Waals surface area (Å²) in [7, 11) is 0. The molecule has 1 nitrogen and oxygen atoms in total. The first-order valence-electron chi connectivity index (χ1n) is 4.59. The van der Waals surface area contributed by atoms with Crippen LogP contribution >= 0.6 is 11.3 Å². The third kappa shape index (κ3) is 2.33. The van der Waals surface area contributed by atoms with Crippen molar-refractivity contribution in [2.24, 2.45) is 0 Å². The van der Waals surface area contributed by atoms with E-state index in [4.69, 9.17) is 6.42 Å². The maximum atomic E-state index is 5.47. The lowest BCUT2D eigenvalue weighted by Gasteiger charge is -2.11. The van der Waals surface area contributed by atoms with Gasteiger partial charge in [-0.05, 0) is 30.0 Å². The summed E-state index contributed by atoms with van der Waals surface area (Å²) in [4.78, 5) is 1.30. The molecule has 13 heavy (non-hydrogen) atoms. The maximum absolute atomic E-state index is 5.47. The zero-order valence-electron chi connectivity index (χ0n) is 8.13. The fraction of sp³-hybridized carbons (Fsp3) is 0.455. The van der Waals surface area contributed by atoms with Crippen LogP contribution in [0.4, 0.5) is 0 Å². The molecule has 1 unspecified atom stereocenters. The number of aryl methyl sites for hydroxylation is 1. The second kappa shape index (κ2) is 5.06. The lowest BCUT2D eigenvalue weighted by molar-refractivity contribution is 0.669. The van der Waals surface area contributed by atoms with Crippen molar-refractivity contribution in [1.29, 1.82) is 0 Å². The van der Waals surface area contributed by atoms with Gasteiger partial charge < -0.3 is 0 Å². The fourth-order valence-electron chi connectivity index (χ4n) is 1.32. The van der Waals surface area contributed by atoms with E-state index >= 15 is 0 Å². The van der Waals surface area contributed by atoms with Gasteiger partial charge in [0.05, 0.1) is 0 Å². The van der Waals surface area contributed by atoms with E-state index in [1.807, 2.05) is 0 Å². The highest BCUT2D eigenvalue weighted by molar-refractivity contribution is 7.10. The maximum Gasteiger partial charge on any atom is 0.104 e. The molecule has 0 spiro atoms. The van der Waals surface area contributed by atoms with Gasteiger partial charge in [0.15, 0.2) is 0 Å². The first kappa shape index (κ1) is 10.3. The summed E-state index contributed by atoms with van der Waals surface area (Å²) in [6.45, 7) is 5.14. The van der Waals surface area contributed by atoms with Crippen LogP contribution in [0.1, 0.15) is 30.3 Å². The summed E-state index contributed by atoms with van der Waals surface area (Å²) >= 11 is 1.74. The van der Waals surface area contributed by atoms with Crippen molar-refractivity contribution in [3.05, 3.63) is 21.9 Å². The smallest absolute Gasteiger partial charge is 0.104 e. The van der Waals surface area contributed by atoms with Crippen molar-refractivity contribution < 1.29 is 0 Å². The Hall–Kier alpha value is -0.780. The van der Waals surface area contributed by atoms with Gasteiger partial charge in [0.2, 0.25) is 0 Å². The molecule has 2 heteroatoms. The van der Waals surface area contributed by atoms with E-state index < -0.39 is 0 Å². The molecule has 1 rings (SSSR count). The Kier molecular flexibility index (Phi) is 4.01. The molecule has 70 valence electrons. The minimum absolute atomic E-state index is 0.0972. The number of terminal acetylenes is 1. The molecule has 0 saturated carbocycles. The summed E-state index contributed by atoms with van der Waals surface area (Å²) in [5, 5.41) is 5.39. The van der Waals surface area contributed by atoms with E-state index in [0.717, 1.165) is 13.0 Å². The Labute approximate surface area is 84.2 Å². The lowest BCUT2D eigenvalue weighted by Crippen LogP contribution is -2.19. The van der Waals surface area contributed by atoms with E-state index in [2.05, 4.69) is 36.5 Å². The van der Waals surface area contributed by atoms with Crippen molar-refractivity contribution in [3.8, 4) is 12.3 Å². The first-order valence-corrected chi connectivity index (χ1v) is 5.47. The highest BCUT2D eigenvalue weighted by atomic mass is 32.1. The molecule has 0 radical (unpaired) electrons. The SMILES string of the molecule is C#CC(NCC)c1sccc1CC. The van der Waals surface area contributed by atoms with E-state index in [-0.39, 0.29) is 6.04 Å². The fourth-order valence-corrected chi connectivity index (χ4v) is 2.35. The van der Waals surface area contributed by atoms with Crippen LogP contribution in [-0.2, 0) is 6.42 Å². The summed E-state index contributed by atoms with van der Waals surface area (Å²) < 4.78 is 0. The molecule has 0 fully saturated rings. The molecule has 0 amide bonds. The number of hydrogen-bond donors (Lipinski definition) is 1. The first-order chi connectivity index (χ1) is 6.33. The average Bonchev–Trinajstić information content (AvgIpc) is 2.61. The van der Waals surface area contributed by atoms with Crippen LogP contribution in [0.25, 0.3) is 0 Å². The van der Waals surface area contributed by atoms with Gasteiger partial charge in [0.1, 0.15) is 6.04 Å². The van der Waals surface area contributed by atoms with Gasteiger partial charge in [0, 0.05) is 4.88 Å². The van der Waals surface area contributed by atoms with Crippen LogP contribution in [0, 0.1) is 12.3 Å². The number of rotatable bonds is 4. The van der Waals surface area contributed by atoms with Gasteiger partial charge in [-0.3, -0.25) is 5.32 Å². The quantitative estimate of drug-likeness (QED) is 0.725. The highest BCUT2D eigenvalue weighted by Crippen LogP contribution is 2.24. The number of thiophene rings is 1. The molecule has 0 saturated heterocycles. The molecule has 0 aliphatic rings. The van der Waals surface area contributed by atoms with Gasteiger partial charge in [-0.1, -0.05) is 19.8 Å². The molecule has 0 aliphatic heterocycles. The molecule has 1 heterocycles. The summed E-state index contributed by atoms with van der Waals surface area (Å²) in [6, 6.07) is 2.25. The van der Waals surface area contributed by atoms with E-state index in [0.29, 0.717) is 0 Å². The minimum atomic E-state index is 0.0972. The average molecular weight is 193 g/mol. The summed E-state index contributed by atoms with van der Waals surface area (Å²) in [6.07, 6.45) is 6.53. The van der Waals surface area contributed by atoms with E-state index in [1.54, 1.807) is 11.3 Å². The molecule has 1 aromatic rings. The molecule has 0 aliphatic carbocycles. The largest absolute Gasteiger partial charge is 0.300 e. The van der Waals surface area contributed by atoms with Crippen molar-refractivity contribution in [2.75, 3.05) is 6.54 Å². The van der Waals surface area contributed by atoms with Crippen LogP contribution in [0.5, 0.6) is 0 Å². The van der Waals surface area contributed by atoms with Gasteiger partial charge >= 0.3 is 0 Å². The van der Waals surface area contributed by atoms with Gasteiger partial charge in [-0.15, -0.1) is 17.8 Å². The Morgan fingerprint density at radius 1 is 1.62 bits per heavy atom. The van der Waals surface area contributed by atoms with Crippen LogP contribution in [-0.4, -0.2) is 6.54 Å². The van der Waals surface area contributed by atoms with Crippen molar-refractivity contribution in [3.63, 3.8) is 0 Å². The Balaban J connectivity index is 2.85. The van der Waals surface area contributed by atoms with Gasteiger partial charge in [-0.25, -0.2) is 0 Å². The molecule has 1 aromatic heterocycles. The molecule has 1 atom stereocenters. The molecule has 0 bridgehead atoms. The third-order valence-corrected chi connectivity index (χ3v) is 3.02. The Morgan fingerprint density at radius 3 is 2.92 bits per heavy atom. The standard InChI is InChI=1S/C11H15NS/c1-4-9-7-8-13-11(9)10(5-2)12-6-3/h2,7-8,10,12H,4,6H2,1,3H3. The van der Waals surface area contributed by atoms with Crippen molar-refractivity contribution >= 4 is 11.3 Å². The lowest BCUT2D eigenvalue weighted by atomic mass is 10.1. The summed E-state index contributed by atoms with van der Waals surface area (Å²) in [5.74, 6) is 2.78. The third-order valence-electron chi connectivity index (χ3n) is 2.00. The molecule has 0 aromatic carbocycles. The normalized spacial score (nSPS) is 12.4. The van der Waals surface area contributed by atoms with E-state index in [9.17, 15) is 0 Å². The Morgan fingerprint density at radius 2 is 2.38 bits per heavy atom. The monoisotopic (exact) mass is 193 g/mol. The van der Waals surface area contributed by atoms with E-state index in [1.165, 1.54) is 10.4 Å². The molecular weight excluding hydrogens is 178 g/mol. The topological polar surface area (TPSA) is 12.0 Å². The zero-order chi connectivity index (χ0) is 9.68. The van der Waals surface area contributed by atoms with Crippen LogP contribution in [0.15, 0.2) is 11.4 Å². The van der Waals surface area contributed by atoms with Gasteiger partial charge in [-0.2, -0.15) is 0 Å².